The van der Waals surface area contributed by atoms with Crippen molar-refractivity contribution >= 4 is 11.6 Å². The van der Waals surface area contributed by atoms with Crippen LogP contribution < -0.4 is 5.73 Å². The van der Waals surface area contributed by atoms with E-state index in [4.69, 9.17) is 17.3 Å². The zero-order valence-electron chi connectivity index (χ0n) is 11.7. The lowest BCUT2D eigenvalue weighted by molar-refractivity contribution is 0.182. The van der Waals surface area contributed by atoms with Crippen LogP contribution in [-0.4, -0.2) is 24.5 Å². The van der Waals surface area contributed by atoms with E-state index in [1.807, 2.05) is 18.2 Å². The van der Waals surface area contributed by atoms with Gasteiger partial charge in [-0.2, -0.15) is 0 Å². The summed E-state index contributed by atoms with van der Waals surface area (Å²) in [6, 6.07) is 8.24. The van der Waals surface area contributed by atoms with Gasteiger partial charge < -0.3 is 5.73 Å². The van der Waals surface area contributed by atoms with Gasteiger partial charge in [-0.25, -0.2) is 0 Å². The molecule has 0 spiro atoms. The summed E-state index contributed by atoms with van der Waals surface area (Å²) >= 11 is 6.29. The lowest BCUT2D eigenvalue weighted by Crippen LogP contribution is -2.36. The summed E-state index contributed by atoms with van der Waals surface area (Å²) in [5.41, 5.74) is 7.11. The van der Waals surface area contributed by atoms with Crippen LogP contribution in [0.25, 0.3) is 0 Å². The molecule has 0 fully saturated rings. The van der Waals surface area contributed by atoms with Gasteiger partial charge in [0.25, 0.3) is 0 Å². The number of nitrogens with zero attached hydrogens (tertiary/aromatic N) is 1. The van der Waals surface area contributed by atoms with Crippen molar-refractivity contribution in [2.24, 2.45) is 11.7 Å². The van der Waals surface area contributed by atoms with Crippen LogP contribution in [0.1, 0.15) is 38.8 Å². The van der Waals surface area contributed by atoms with E-state index in [0.717, 1.165) is 23.7 Å². The lowest BCUT2D eigenvalue weighted by atomic mass is 10.0. The third-order valence-corrected chi connectivity index (χ3v) is 3.92. The van der Waals surface area contributed by atoms with E-state index in [9.17, 15) is 0 Å². The van der Waals surface area contributed by atoms with E-state index < -0.39 is 0 Å². The standard InChI is InChI=1S/C15H25ClN2/c1-4-12(3)11-18(5-2)15(10-17)13-8-6-7-9-14(13)16/h6-9,12,15H,4-5,10-11,17H2,1-3H3. The zero-order valence-corrected chi connectivity index (χ0v) is 12.5. The van der Waals surface area contributed by atoms with Gasteiger partial charge in [-0.1, -0.05) is 57.0 Å². The Labute approximate surface area is 116 Å². The summed E-state index contributed by atoms with van der Waals surface area (Å²) in [5.74, 6) is 0.682. The Hall–Kier alpha value is -0.570. The minimum atomic E-state index is 0.220. The van der Waals surface area contributed by atoms with Crippen molar-refractivity contribution in [3.8, 4) is 0 Å². The molecule has 1 aromatic carbocycles. The maximum atomic E-state index is 6.29. The Morgan fingerprint density at radius 1 is 1.28 bits per heavy atom. The average molecular weight is 269 g/mol. The minimum absolute atomic E-state index is 0.220. The summed E-state index contributed by atoms with van der Waals surface area (Å²) in [7, 11) is 0. The third-order valence-electron chi connectivity index (χ3n) is 3.58. The predicted octanol–water partition coefficient (Wildman–Crippen LogP) is 3.71. The second kappa shape index (κ2) is 7.78. The lowest BCUT2D eigenvalue weighted by Gasteiger charge is -2.32. The van der Waals surface area contributed by atoms with E-state index in [-0.39, 0.29) is 6.04 Å². The van der Waals surface area contributed by atoms with Crippen LogP contribution in [0.5, 0.6) is 0 Å². The molecule has 0 amide bonds. The SMILES string of the molecule is CCC(C)CN(CC)C(CN)c1ccccc1Cl. The highest BCUT2D eigenvalue weighted by Crippen LogP contribution is 2.27. The molecule has 0 heterocycles. The largest absolute Gasteiger partial charge is 0.329 e. The molecule has 0 saturated carbocycles. The molecule has 3 heteroatoms. The van der Waals surface area contributed by atoms with Crippen LogP contribution >= 0.6 is 11.6 Å². The molecular weight excluding hydrogens is 244 g/mol. The second-order valence-corrected chi connectivity index (χ2v) is 5.28. The van der Waals surface area contributed by atoms with Crippen LogP contribution in [0, 0.1) is 5.92 Å². The monoisotopic (exact) mass is 268 g/mol. The quantitative estimate of drug-likeness (QED) is 0.817. The molecule has 0 aliphatic heterocycles. The fourth-order valence-corrected chi connectivity index (χ4v) is 2.49. The van der Waals surface area contributed by atoms with E-state index >= 15 is 0 Å². The number of benzene rings is 1. The normalized spacial score (nSPS) is 14.8. The first-order chi connectivity index (χ1) is 8.63. The molecule has 18 heavy (non-hydrogen) atoms. The van der Waals surface area contributed by atoms with Crippen molar-refractivity contribution < 1.29 is 0 Å². The maximum absolute atomic E-state index is 6.29. The molecule has 2 N–H and O–H groups in total. The number of rotatable bonds is 7. The summed E-state index contributed by atoms with van der Waals surface area (Å²) in [6.07, 6.45) is 1.19. The Morgan fingerprint density at radius 3 is 2.44 bits per heavy atom. The van der Waals surface area contributed by atoms with Gasteiger partial charge in [-0.15, -0.1) is 0 Å². The van der Waals surface area contributed by atoms with Crippen molar-refractivity contribution in [3.63, 3.8) is 0 Å². The molecule has 2 unspecified atom stereocenters. The van der Waals surface area contributed by atoms with E-state index in [1.165, 1.54) is 6.42 Å². The van der Waals surface area contributed by atoms with Crippen LogP contribution in [0.15, 0.2) is 24.3 Å². The molecule has 0 bridgehead atoms. The highest BCUT2D eigenvalue weighted by Gasteiger charge is 2.20. The highest BCUT2D eigenvalue weighted by atomic mass is 35.5. The molecule has 2 nitrogen and oxygen atoms in total. The molecule has 2 atom stereocenters. The summed E-state index contributed by atoms with van der Waals surface area (Å²) in [5, 5.41) is 0.815. The van der Waals surface area contributed by atoms with Gasteiger partial charge >= 0.3 is 0 Å². The fraction of sp³-hybridized carbons (Fsp3) is 0.600. The third kappa shape index (κ3) is 3.98. The molecule has 0 aromatic heterocycles. The Morgan fingerprint density at radius 2 is 1.94 bits per heavy atom. The first kappa shape index (κ1) is 15.5. The molecule has 0 aliphatic rings. The van der Waals surface area contributed by atoms with Crippen molar-refractivity contribution in [2.75, 3.05) is 19.6 Å². The summed E-state index contributed by atoms with van der Waals surface area (Å²) in [6.45, 7) is 9.36. The Kier molecular flexibility index (Phi) is 6.69. The minimum Gasteiger partial charge on any atom is -0.329 e. The zero-order chi connectivity index (χ0) is 13.5. The summed E-state index contributed by atoms with van der Waals surface area (Å²) in [4.78, 5) is 2.43. The Bertz CT molecular complexity index is 354. The van der Waals surface area contributed by atoms with Gasteiger partial charge in [0.05, 0.1) is 0 Å². The highest BCUT2D eigenvalue weighted by molar-refractivity contribution is 6.31. The van der Waals surface area contributed by atoms with Crippen LogP contribution in [0.3, 0.4) is 0 Å². The van der Waals surface area contributed by atoms with Gasteiger partial charge in [0, 0.05) is 24.2 Å². The van der Waals surface area contributed by atoms with Crippen molar-refractivity contribution in [1.82, 2.24) is 4.90 Å². The van der Waals surface area contributed by atoms with Crippen molar-refractivity contribution in [3.05, 3.63) is 34.9 Å². The van der Waals surface area contributed by atoms with E-state index in [0.29, 0.717) is 12.5 Å². The number of hydrogen-bond acceptors (Lipinski definition) is 2. The first-order valence-electron chi connectivity index (χ1n) is 6.82. The molecule has 102 valence electrons. The average Bonchev–Trinajstić information content (AvgIpc) is 2.40. The number of halogens is 1. The second-order valence-electron chi connectivity index (χ2n) is 4.87. The topological polar surface area (TPSA) is 29.3 Å². The first-order valence-corrected chi connectivity index (χ1v) is 7.20. The maximum Gasteiger partial charge on any atom is 0.0485 e. The molecule has 1 aromatic rings. The molecule has 1 rings (SSSR count). The smallest absolute Gasteiger partial charge is 0.0485 e. The Balaban J connectivity index is 2.89. The van der Waals surface area contributed by atoms with Gasteiger partial charge in [0.2, 0.25) is 0 Å². The van der Waals surface area contributed by atoms with Crippen LogP contribution in [-0.2, 0) is 0 Å². The van der Waals surface area contributed by atoms with Crippen LogP contribution in [0.2, 0.25) is 5.02 Å². The fourth-order valence-electron chi connectivity index (χ4n) is 2.22. The van der Waals surface area contributed by atoms with Crippen LogP contribution in [0.4, 0.5) is 0 Å². The van der Waals surface area contributed by atoms with E-state index in [1.54, 1.807) is 0 Å². The predicted molar refractivity (Wildman–Crippen MR) is 79.9 cm³/mol. The summed E-state index contributed by atoms with van der Waals surface area (Å²) < 4.78 is 0. The van der Waals surface area contributed by atoms with Gasteiger partial charge in [0.1, 0.15) is 0 Å². The molecule has 0 saturated heterocycles. The number of hydrogen-bond donors (Lipinski definition) is 1. The van der Waals surface area contributed by atoms with Gasteiger partial charge in [0.15, 0.2) is 0 Å². The van der Waals surface area contributed by atoms with Crippen molar-refractivity contribution in [1.29, 1.82) is 0 Å². The van der Waals surface area contributed by atoms with E-state index in [2.05, 4.69) is 31.7 Å². The molecule has 0 radical (unpaired) electrons. The van der Waals surface area contributed by atoms with Gasteiger partial charge in [-0.05, 0) is 24.1 Å². The number of nitrogens with two attached hydrogens (primary N) is 1. The van der Waals surface area contributed by atoms with Gasteiger partial charge in [-0.3, -0.25) is 4.90 Å². The molecule has 0 aliphatic carbocycles. The number of likely N-dealkylation sites (N-methyl/N-ethyl adjacent to an activating group) is 1. The van der Waals surface area contributed by atoms with Crippen molar-refractivity contribution in [2.45, 2.75) is 33.2 Å². The molecular formula is C15H25ClN2.